The molecule has 140 valence electrons. The zero-order chi connectivity index (χ0) is 17.5. The molecule has 2 aliphatic heterocycles. The maximum absolute atomic E-state index is 13.2. The lowest BCUT2D eigenvalue weighted by Crippen LogP contribution is -2.58. The molecule has 1 unspecified atom stereocenters. The summed E-state index contributed by atoms with van der Waals surface area (Å²) in [5.41, 5.74) is 7.31. The van der Waals surface area contributed by atoms with Gasteiger partial charge in [0.15, 0.2) is 0 Å². The molecule has 8 nitrogen and oxygen atoms in total. The third-order valence-electron chi connectivity index (χ3n) is 4.24. The molecule has 0 radical (unpaired) electrons. The topological polar surface area (TPSA) is 80.5 Å². The summed E-state index contributed by atoms with van der Waals surface area (Å²) in [7, 11) is -3.50. The Balaban J connectivity index is 1.65. The predicted molar refractivity (Wildman–Crippen MR) is 94.5 cm³/mol. The summed E-state index contributed by atoms with van der Waals surface area (Å²) >= 11 is 0. The van der Waals surface area contributed by atoms with Gasteiger partial charge in [-0.25, -0.2) is 15.5 Å². The van der Waals surface area contributed by atoms with Crippen LogP contribution in [0.5, 0.6) is 0 Å². The van der Waals surface area contributed by atoms with Gasteiger partial charge < -0.3 is 14.0 Å². The summed E-state index contributed by atoms with van der Waals surface area (Å²) in [6, 6.07) is 9.96. The molecule has 2 heterocycles. The van der Waals surface area contributed by atoms with Gasteiger partial charge in [0.2, 0.25) is 0 Å². The predicted octanol–water partition coefficient (Wildman–Crippen LogP) is 1.11. The first kappa shape index (κ1) is 18.9. The van der Waals surface area contributed by atoms with Crippen molar-refractivity contribution in [2.45, 2.75) is 6.42 Å². The summed E-state index contributed by atoms with van der Waals surface area (Å²) < 4.78 is 29.7. The third kappa shape index (κ3) is 5.32. The number of rotatable bonds is 7. The molecule has 0 aliphatic carbocycles. The molecule has 0 saturated carbocycles. The van der Waals surface area contributed by atoms with Crippen molar-refractivity contribution in [1.82, 2.24) is 14.9 Å². The molecule has 2 aliphatic rings. The van der Waals surface area contributed by atoms with E-state index in [-0.39, 0.29) is 0 Å². The van der Waals surface area contributed by atoms with Gasteiger partial charge in [0, 0.05) is 26.2 Å². The van der Waals surface area contributed by atoms with Crippen molar-refractivity contribution < 1.29 is 18.6 Å². The lowest BCUT2D eigenvalue weighted by Gasteiger charge is -2.45. The zero-order valence-corrected chi connectivity index (χ0v) is 15.4. The second-order valence-corrected chi connectivity index (χ2v) is 7.78. The van der Waals surface area contributed by atoms with Crippen molar-refractivity contribution in [3.63, 3.8) is 0 Å². The van der Waals surface area contributed by atoms with E-state index < -0.39 is 7.67 Å². The number of ether oxygens (including phenoxy) is 2. The molecule has 2 fully saturated rings. The van der Waals surface area contributed by atoms with Gasteiger partial charge in [0.25, 0.3) is 0 Å². The second kappa shape index (κ2) is 9.21. The first-order valence-corrected chi connectivity index (χ1v) is 10.3. The van der Waals surface area contributed by atoms with E-state index in [1.165, 1.54) is 0 Å². The molecule has 1 atom stereocenters. The molecule has 2 saturated heterocycles. The highest BCUT2D eigenvalue weighted by molar-refractivity contribution is 7.53. The average molecular weight is 370 g/mol. The minimum atomic E-state index is -3.50. The average Bonchev–Trinajstić information content (AvgIpc) is 2.64. The van der Waals surface area contributed by atoms with E-state index in [1.807, 2.05) is 40.3 Å². The number of morpholine rings is 2. The molecule has 25 heavy (non-hydrogen) atoms. The number of hydrazine groups is 2. The fourth-order valence-electron chi connectivity index (χ4n) is 2.99. The number of nitrogens with two attached hydrogens (primary N) is 1. The van der Waals surface area contributed by atoms with Crippen molar-refractivity contribution in [3.05, 3.63) is 35.9 Å². The van der Waals surface area contributed by atoms with Gasteiger partial charge in [-0.2, -0.15) is 0 Å². The van der Waals surface area contributed by atoms with Gasteiger partial charge in [-0.3, -0.25) is 4.57 Å². The number of benzene rings is 1. The lowest BCUT2D eigenvalue weighted by atomic mass is 10.2. The first-order chi connectivity index (χ1) is 12.2. The quantitative estimate of drug-likeness (QED) is 0.715. The summed E-state index contributed by atoms with van der Waals surface area (Å²) in [6.45, 7) is 5.22. The summed E-state index contributed by atoms with van der Waals surface area (Å²) in [5, 5.41) is 3.94. The van der Waals surface area contributed by atoms with Gasteiger partial charge in [-0.15, -0.1) is 0 Å². The summed E-state index contributed by atoms with van der Waals surface area (Å²) in [6.07, 6.45) is 0.669. The molecule has 0 spiro atoms. The van der Waals surface area contributed by atoms with Crippen molar-refractivity contribution in [1.29, 1.82) is 0 Å². The van der Waals surface area contributed by atoms with E-state index in [0.29, 0.717) is 65.6 Å². The first-order valence-electron chi connectivity index (χ1n) is 8.70. The van der Waals surface area contributed by atoms with Crippen LogP contribution in [0.1, 0.15) is 5.56 Å². The van der Waals surface area contributed by atoms with Gasteiger partial charge in [-0.1, -0.05) is 35.2 Å². The molecular weight excluding hydrogens is 343 g/mol. The van der Waals surface area contributed by atoms with Crippen LogP contribution in [0.2, 0.25) is 0 Å². The Kier molecular flexibility index (Phi) is 6.98. The van der Waals surface area contributed by atoms with Crippen molar-refractivity contribution in [3.8, 4) is 0 Å². The minimum Gasteiger partial charge on any atom is -0.379 e. The summed E-state index contributed by atoms with van der Waals surface area (Å²) in [4.78, 5) is 1.64. The minimum absolute atomic E-state index is 0.309. The van der Waals surface area contributed by atoms with Crippen LogP contribution in [0.3, 0.4) is 0 Å². The van der Waals surface area contributed by atoms with E-state index in [4.69, 9.17) is 19.5 Å². The Labute approximate surface area is 148 Å². The smallest absolute Gasteiger partial charge is 0.368 e. The van der Waals surface area contributed by atoms with Crippen LogP contribution in [-0.4, -0.2) is 74.1 Å². The molecule has 2 N–H and O–H groups in total. The van der Waals surface area contributed by atoms with Crippen LogP contribution in [0.15, 0.2) is 30.3 Å². The second-order valence-electron chi connectivity index (χ2n) is 6.03. The van der Waals surface area contributed by atoms with Gasteiger partial charge in [0.1, 0.15) is 0 Å². The number of nitrogens with zero attached hydrogens (tertiary/aromatic N) is 3. The highest BCUT2D eigenvalue weighted by Crippen LogP contribution is 2.45. The Bertz CT molecular complexity index is 547. The maximum Gasteiger partial charge on any atom is 0.368 e. The zero-order valence-electron chi connectivity index (χ0n) is 14.5. The van der Waals surface area contributed by atoms with E-state index in [0.717, 1.165) is 5.56 Å². The molecule has 0 bridgehead atoms. The standard InChI is InChI=1S/C16H27N4O4P/c17-25(21,24-11-6-16-4-2-1-3-5-16)20(18-7-12-22-13-8-18)19-9-14-23-15-10-19/h1-5H,6-15H2,(H2,17,21). The Morgan fingerprint density at radius 3 is 2.04 bits per heavy atom. The van der Waals surface area contributed by atoms with Crippen LogP contribution in [-0.2, 0) is 25.0 Å². The van der Waals surface area contributed by atoms with Crippen molar-refractivity contribution in [2.75, 3.05) is 59.2 Å². The molecule has 3 rings (SSSR count). The van der Waals surface area contributed by atoms with E-state index in [1.54, 1.807) is 4.89 Å². The molecule has 1 aromatic carbocycles. The monoisotopic (exact) mass is 370 g/mol. The van der Waals surface area contributed by atoms with Crippen LogP contribution in [0, 0.1) is 0 Å². The number of hydrogen-bond acceptors (Lipinski definition) is 6. The van der Waals surface area contributed by atoms with Crippen LogP contribution in [0.4, 0.5) is 0 Å². The normalized spacial score (nSPS) is 22.8. The third-order valence-corrected chi connectivity index (χ3v) is 5.80. The summed E-state index contributed by atoms with van der Waals surface area (Å²) in [5.74, 6) is 0. The lowest BCUT2D eigenvalue weighted by molar-refractivity contribution is -0.176. The maximum atomic E-state index is 13.2. The van der Waals surface area contributed by atoms with E-state index >= 15 is 0 Å². The number of hydrogen-bond donors (Lipinski definition) is 1. The Hall–Kier alpha value is -0.830. The fraction of sp³-hybridized carbons (Fsp3) is 0.625. The Morgan fingerprint density at radius 1 is 1.00 bits per heavy atom. The SMILES string of the molecule is NP(=O)(OCCc1ccccc1)N(N1CCOCC1)N1CCOCC1. The fourth-order valence-corrected chi connectivity index (χ4v) is 4.51. The van der Waals surface area contributed by atoms with Crippen LogP contribution < -0.4 is 5.50 Å². The van der Waals surface area contributed by atoms with E-state index in [9.17, 15) is 4.57 Å². The van der Waals surface area contributed by atoms with Crippen molar-refractivity contribution >= 4 is 7.67 Å². The van der Waals surface area contributed by atoms with Crippen LogP contribution in [0.25, 0.3) is 0 Å². The highest BCUT2D eigenvalue weighted by Gasteiger charge is 2.39. The van der Waals surface area contributed by atoms with Gasteiger partial charge in [0.05, 0.1) is 33.0 Å². The molecule has 0 aromatic heterocycles. The molecule has 0 amide bonds. The largest absolute Gasteiger partial charge is 0.379 e. The van der Waals surface area contributed by atoms with Crippen LogP contribution >= 0.6 is 7.67 Å². The van der Waals surface area contributed by atoms with E-state index in [2.05, 4.69) is 0 Å². The Morgan fingerprint density at radius 2 is 1.52 bits per heavy atom. The molecule has 9 heteroatoms. The van der Waals surface area contributed by atoms with Gasteiger partial charge in [-0.05, 0) is 12.0 Å². The van der Waals surface area contributed by atoms with Crippen molar-refractivity contribution in [2.24, 2.45) is 5.50 Å². The molecular formula is C16H27N4O4P. The highest BCUT2D eigenvalue weighted by atomic mass is 31.2. The molecule has 1 aromatic rings. The van der Waals surface area contributed by atoms with Gasteiger partial charge >= 0.3 is 7.67 Å².